The molecule has 0 radical (unpaired) electrons. The van der Waals surface area contributed by atoms with Crippen LogP contribution in [0.1, 0.15) is 5.56 Å². The summed E-state index contributed by atoms with van der Waals surface area (Å²) < 4.78 is 5.36. The van der Waals surface area contributed by atoms with Crippen molar-refractivity contribution in [2.24, 2.45) is 4.99 Å². The molecule has 0 fully saturated rings. The third-order valence-electron chi connectivity index (χ3n) is 2.93. The third kappa shape index (κ3) is 2.50. The number of rotatable bonds is 2. The van der Waals surface area contributed by atoms with Crippen LogP contribution in [0.4, 0.5) is 0 Å². The summed E-state index contributed by atoms with van der Waals surface area (Å²) in [4.78, 5) is 4.59. The molecule has 0 aliphatic carbocycles. The van der Waals surface area contributed by atoms with Gasteiger partial charge in [0.05, 0.1) is 17.3 Å². The molecule has 1 aromatic heterocycles. The predicted molar refractivity (Wildman–Crippen MR) is 75.0 cm³/mol. The highest BCUT2D eigenvalue weighted by Crippen LogP contribution is 2.15. The lowest BCUT2D eigenvalue weighted by molar-refractivity contribution is 0.339. The van der Waals surface area contributed by atoms with Gasteiger partial charge in [-0.1, -0.05) is 42.5 Å². The average molecular weight is 252 g/mol. The number of nitrogens with zero attached hydrogens (tertiary/aromatic N) is 1. The fraction of sp³-hybridized carbons (Fsp3) is 0.0625. The van der Waals surface area contributed by atoms with E-state index >= 15 is 0 Å². The first kappa shape index (κ1) is 11.5. The first-order valence-corrected chi connectivity index (χ1v) is 6.12. The molecular weight excluding hydrogens is 238 g/mol. The fourth-order valence-corrected chi connectivity index (χ4v) is 2.01. The van der Waals surface area contributed by atoms with Gasteiger partial charge in [-0.25, -0.2) is 0 Å². The van der Waals surface area contributed by atoms with Crippen LogP contribution in [-0.4, -0.2) is 5.11 Å². The van der Waals surface area contributed by atoms with E-state index in [1.165, 1.54) is 0 Å². The van der Waals surface area contributed by atoms with Crippen LogP contribution in [0.3, 0.4) is 0 Å². The van der Waals surface area contributed by atoms with Gasteiger partial charge in [-0.15, -0.1) is 0 Å². The highest BCUT2D eigenvalue weighted by Gasteiger charge is 2.07. The van der Waals surface area contributed by atoms with E-state index in [4.69, 9.17) is 9.52 Å². The molecule has 0 bridgehead atoms. The maximum absolute atomic E-state index is 7.67. The van der Waals surface area contributed by atoms with Gasteiger partial charge in [-0.3, -0.25) is 9.41 Å². The number of benzene rings is 2. The van der Waals surface area contributed by atoms with Crippen molar-refractivity contribution in [3.63, 3.8) is 0 Å². The minimum absolute atomic E-state index is 0.130. The van der Waals surface area contributed by atoms with Crippen molar-refractivity contribution in [3.8, 4) is 5.95 Å². The minimum Gasteiger partial charge on any atom is -0.566 e. The second-order valence-corrected chi connectivity index (χ2v) is 4.29. The zero-order chi connectivity index (χ0) is 13.1. The van der Waals surface area contributed by atoms with Crippen LogP contribution in [0.15, 0.2) is 70.1 Å². The van der Waals surface area contributed by atoms with Gasteiger partial charge in [0.2, 0.25) is 0 Å². The second kappa shape index (κ2) is 4.98. The van der Waals surface area contributed by atoms with Crippen LogP contribution in [-0.2, 0) is 6.54 Å². The first-order valence-electron chi connectivity index (χ1n) is 6.12. The third-order valence-corrected chi connectivity index (χ3v) is 2.93. The van der Waals surface area contributed by atoms with Crippen molar-refractivity contribution >= 4 is 11.0 Å². The normalized spacial score (nSPS) is 11.9. The Morgan fingerprint density at radius 2 is 1.68 bits per heavy atom. The van der Waals surface area contributed by atoms with Crippen molar-refractivity contribution in [2.45, 2.75) is 6.54 Å². The lowest BCUT2D eigenvalue weighted by Gasteiger charge is -1.96. The Morgan fingerprint density at radius 3 is 2.53 bits per heavy atom. The molecule has 0 spiro atoms. The number of hydrogen-bond donors (Lipinski definition) is 0. The molecule has 1 heterocycles. The number of fused-ring (bicyclic) bond motifs is 1. The average Bonchev–Trinajstić information content (AvgIpc) is 2.45. The zero-order valence-electron chi connectivity index (χ0n) is 10.3. The summed E-state index contributed by atoms with van der Waals surface area (Å²) in [5, 5.41) is 9.42. The summed E-state index contributed by atoms with van der Waals surface area (Å²) in [7, 11) is 0. The maximum atomic E-state index is 7.67. The summed E-state index contributed by atoms with van der Waals surface area (Å²) in [6, 6.07) is 19.4. The van der Waals surface area contributed by atoms with Gasteiger partial charge in [0.1, 0.15) is 6.07 Å². The van der Waals surface area contributed by atoms with Crippen LogP contribution in [0.5, 0.6) is 5.95 Å². The molecule has 3 heteroatoms. The molecule has 19 heavy (non-hydrogen) atoms. The molecule has 2 aromatic carbocycles. The Kier molecular flexibility index (Phi) is 3.02. The minimum atomic E-state index is 0.130. The van der Waals surface area contributed by atoms with Crippen LogP contribution >= 0.6 is 0 Å². The smallest absolute Gasteiger partial charge is 0.459 e. The Labute approximate surface area is 110 Å². The Hall–Kier alpha value is -2.55. The maximum Gasteiger partial charge on any atom is 0.459 e. The van der Waals surface area contributed by atoms with Crippen LogP contribution < -0.4 is 5.36 Å². The quantitative estimate of drug-likeness (QED) is 0.647. The summed E-state index contributed by atoms with van der Waals surface area (Å²) in [6.45, 7) is 0.605. The molecule has 94 valence electrons. The Balaban J connectivity index is 2.09. The van der Waals surface area contributed by atoms with Crippen molar-refractivity contribution in [1.82, 2.24) is 0 Å². The number of hydrogen-bond acceptors (Lipinski definition) is 2. The standard InChI is InChI=1S/C16H13NO2/c18-16-10-14(13-8-4-5-9-15(13)19-16)17-11-12-6-2-1-3-7-12/h1-10,18H,11H2/p+1. The summed E-state index contributed by atoms with van der Waals surface area (Å²) in [5.74, 6) is 0.130. The van der Waals surface area contributed by atoms with Gasteiger partial charge >= 0.3 is 5.95 Å². The molecule has 0 saturated heterocycles. The van der Waals surface area contributed by atoms with Gasteiger partial charge < -0.3 is 5.11 Å². The summed E-state index contributed by atoms with van der Waals surface area (Å²) in [5.41, 5.74) is 1.85. The van der Waals surface area contributed by atoms with Gasteiger partial charge in [0, 0.05) is 6.07 Å². The molecule has 3 aromatic rings. The van der Waals surface area contributed by atoms with Crippen molar-refractivity contribution in [3.05, 3.63) is 71.6 Å². The van der Waals surface area contributed by atoms with E-state index in [-0.39, 0.29) is 5.95 Å². The lowest BCUT2D eigenvalue weighted by atomic mass is 10.2. The van der Waals surface area contributed by atoms with Gasteiger partial charge in [0.15, 0.2) is 0 Å². The molecule has 0 aliphatic heterocycles. The highest BCUT2D eigenvalue weighted by molar-refractivity contribution is 5.76. The molecule has 0 unspecified atom stereocenters. The van der Waals surface area contributed by atoms with Crippen molar-refractivity contribution in [1.29, 1.82) is 0 Å². The monoisotopic (exact) mass is 252 g/mol. The molecule has 3 nitrogen and oxygen atoms in total. The SMILES string of the molecule is [OH2+]c1cc(=NCc2ccccc2)c2ccccc2o1. The second-order valence-electron chi connectivity index (χ2n) is 4.29. The first-order chi connectivity index (χ1) is 9.33. The zero-order valence-corrected chi connectivity index (χ0v) is 10.3. The molecule has 0 aliphatic rings. The number of para-hydroxylation sites is 1. The Bertz CT molecular complexity index is 760. The molecular formula is C16H14NO2+. The van der Waals surface area contributed by atoms with Crippen LogP contribution in [0, 0.1) is 0 Å². The highest BCUT2D eigenvalue weighted by atomic mass is 16.5. The molecule has 3 rings (SSSR count). The summed E-state index contributed by atoms with van der Waals surface area (Å²) >= 11 is 0. The van der Waals surface area contributed by atoms with E-state index in [0.717, 1.165) is 16.3 Å². The predicted octanol–water partition coefficient (Wildman–Crippen LogP) is 2.97. The van der Waals surface area contributed by atoms with Crippen LogP contribution in [0.2, 0.25) is 0 Å². The molecule has 0 saturated carbocycles. The molecule has 0 atom stereocenters. The van der Waals surface area contributed by atoms with E-state index in [0.29, 0.717) is 12.1 Å². The van der Waals surface area contributed by atoms with Gasteiger partial charge in [0.25, 0.3) is 5.58 Å². The van der Waals surface area contributed by atoms with Crippen molar-refractivity contribution < 1.29 is 9.52 Å². The largest absolute Gasteiger partial charge is 0.566 e. The van der Waals surface area contributed by atoms with Gasteiger partial charge in [-0.2, -0.15) is 0 Å². The topological polar surface area (TPSA) is 48.4 Å². The fourth-order valence-electron chi connectivity index (χ4n) is 2.01. The lowest BCUT2D eigenvalue weighted by Crippen LogP contribution is -2.03. The summed E-state index contributed by atoms with van der Waals surface area (Å²) in [6.07, 6.45) is 0. The van der Waals surface area contributed by atoms with E-state index in [1.807, 2.05) is 54.6 Å². The van der Waals surface area contributed by atoms with Gasteiger partial charge in [-0.05, 0) is 11.6 Å². The van der Waals surface area contributed by atoms with E-state index < -0.39 is 0 Å². The van der Waals surface area contributed by atoms with Crippen LogP contribution in [0.25, 0.3) is 11.0 Å². The molecule has 2 N–H and O–H groups in total. The van der Waals surface area contributed by atoms with E-state index in [1.54, 1.807) is 6.07 Å². The van der Waals surface area contributed by atoms with E-state index in [2.05, 4.69) is 4.99 Å². The van der Waals surface area contributed by atoms with E-state index in [9.17, 15) is 0 Å². The Morgan fingerprint density at radius 1 is 0.947 bits per heavy atom. The molecule has 0 amide bonds. The van der Waals surface area contributed by atoms with Crippen molar-refractivity contribution in [2.75, 3.05) is 0 Å².